The number of rotatable bonds is 4. The van der Waals surface area contributed by atoms with E-state index < -0.39 is 0 Å². The Hall–Kier alpha value is -1.90. The summed E-state index contributed by atoms with van der Waals surface area (Å²) in [5, 5.41) is 3.24. The Labute approximate surface area is 108 Å². The molecular formula is C15H19N3. The molecule has 0 fully saturated rings. The Morgan fingerprint density at radius 3 is 2.61 bits per heavy atom. The van der Waals surface area contributed by atoms with E-state index in [2.05, 4.69) is 41.3 Å². The Bertz CT molecular complexity index is 535. The molecule has 1 heterocycles. The van der Waals surface area contributed by atoms with Crippen LogP contribution in [0.25, 0.3) is 11.3 Å². The van der Waals surface area contributed by atoms with Crippen LogP contribution in [0.15, 0.2) is 30.3 Å². The zero-order valence-corrected chi connectivity index (χ0v) is 11.2. The highest BCUT2D eigenvalue weighted by atomic mass is 15.1. The second kappa shape index (κ2) is 5.63. The molecule has 0 aliphatic rings. The molecule has 18 heavy (non-hydrogen) atoms. The highest BCUT2D eigenvalue weighted by Gasteiger charge is 2.06. The first-order valence-electron chi connectivity index (χ1n) is 6.36. The van der Waals surface area contributed by atoms with Crippen LogP contribution in [0.5, 0.6) is 0 Å². The Morgan fingerprint density at radius 1 is 1.11 bits per heavy atom. The van der Waals surface area contributed by atoms with Gasteiger partial charge in [-0.1, -0.05) is 31.2 Å². The topological polar surface area (TPSA) is 37.8 Å². The van der Waals surface area contributed by atoms with Crippen molar-refractivity contribution in [3.8, 4) is 11.3 Å². The number of nitrogens with zero attached hydrogens (tertiary/aromatic N) is 2. The molecule has 94 valence electrons. The summed E-state index contributed by atoms with van der Waals surface area (Å²) in [4.78, 5) is 8.98. The number of aryl methyl sites for hydroxylation is 2. The molecule has 0 amide bonds. The van der Waals surface area contributed by atoms with Crippen molar-refractivity contribution in [3.05, 3.63) is 41.6 Å². The normalized spacial score (nSPS) is 10.4. The lowest BCUT2D eigenvalue weighted by atomic mass is 10.1. The summed E-state index contributed by atoms with van der Waals surface area (Å²) in [6.07, 6.45) is 1.07. The third kappa shape index (κ3) is 2.86. The molecule has 2 rings (SSSR count). The predicted octanol–water partition coefficient (Wildman–Crippen LogP) is 3.58. The summed E-state index contributed by atoms with van der Waals surface area (Å²) >= 11 is 0. The summed E-state index contributed by atoms with van der Waals surface area (Å²) in [5.74, 6) is 0.718. The molecule has 0 saturated heterocycles. The van der Waals surface area contributed by atoms with Crippen molar-refractivity contribution in [2.24, 2.45) is 0 Å². The van der Waals surface area contributed by atoms with E-state index >= 15 is 0 Å². The Balaban J connectivity index is 2.39. The minimum atomic E-state index is 0.718. The minimum absolute atomic E-state index is 0.718. The lowest BCUT2D eigenvalue weighted by Crippen LogP contribution is -2.06. The molecular weight excluding hydrogens is 222 g/mol. The maximum atomic E-state index is 4.58. The second-order valence-electron chi connectivity index (χ2n) is 4.46. The molecule has 1 N–H and O–H groups in total. The van der Waals surface area contributed by atoms with Crippen molar-refractivity contribution >= 4 is 5.95 Å². The van der Waals surface area contributed by atoms with Gasteiger partial charge in [-0.3, -0.25) is 0 Å². The van der Waals surface area contributed by atoms with Gasteiger partial charge in [-0.2, -0.15) is 0 Å². The zero-order chi connectivity index (χ0) is 13.0. The van der Waals surface area contributed by atoms with Gasteiger partial charge in [-0.05, 0) is 31.9 Å². The highest BCUT2D eigenvalue weighted by molar-refractivity contribution is 5.64. The molecule has 0 atom stereocenters. The smallest absolute Gasteiger partial charge is 0.223 e. The number of aromatic nitrogens is 2. The van der Waals surface area contributed by atoms with Gasteiger partial charge in [0, 0.05) is 17.8 Å². The molecule has 2 aromatic rings. The maximum Gasteiger partial charge on any atom is 0.223 e. The molecule has 0 bridgehead atoms. The average Bonchev–Trinajstić information content (AvgIpc) is 2.36. The molecule has 1 aromatic heterocycles. The fourth-order valence-electron chi connectivity index (χ4n) is 1.88. The first kappa shape index (κ1) is 12.6. The van der Waals surface area contributed by atoms with Crippen LogP contribution in [0, 0.1) is 13.8 Å². The number of benzene rings is 1. The monoisotopic (exact) mass is 241 g/mol. The van der Waals surface area contributed by atoms with Gasteiger partial charge in [-0.15, -0.1) is 0 Å². The Kier molecular flexibility index (Phi) is 3.92. The van der Waals surface area contributed by atoms with Crippen LogP contribution in [-0.2, 0) is 0 Å². The molecule has 0 aliphatic heterocycles. The van der Waals surface area contributed by atoms with Gasteiger partial charge >= 0.3 is 0 Å². The van der Waals surface area contributed by atoms with E-state index in [0.717, 1.165) is 30.3 Å². The zero-order valence-electron chi connectivity index (χ0n) is 11.2. The standard InChI is InChI=1S/C15H19N3/c1-4-9-16-15-17-12(3)10-14(18-15)13-8-6-5-7-11(13)2/h5-8,10H,4,9H2,1-3H3,(H,16,17,18). The van der Waals surface area contributed by atoms with Gasteiger partial charge in [-0.25, -0.2) is 9.97 Å². The number of hydrogen-bond acceptors (Lipinski definition) is 3. The number of anilines is 1. The third-order valence-corrected chi connectivity index (χ3v) is 2.81. The summed E-state index contributed by atoms with van der Waals surface area (Å²) in [6.45, 7) is 7.13. The number of nitrogens with one attached hydrogen (secondary N) is 1. The first-order chi connectivity index (χ1) is 8.70. The molecule has 0 aliphatic carbocycles. The molecule has 0 unspecified atom stereocenters. The molecule has 0 radical (unpaired) electrons. The summed E-state index contributed by atoms with van der Waals surface area (Å²) in [6, 6.07) is 10.3. The van der Waals surface area contributed by atoms with Gasteiger partial charge in [0.25, 0.3) is 0 Å². The largest absolute Gasteiger partial charge is 0.354 e. The molecule has 0 saturated carbocycles. The highest BCUT2D eigenvalue weighted by Crippen LogP contribution is 2.22. The lowest BCUT2D eigenvalue weighted by Gasteiger charge is -2.09. The summed E-state index contributed by atoms with van der Waals surface area (Å²) in [7, 11) is 0. The predicted molar refractivity (Wildman–Crippen MR) is 75.7 cm³/mol. The van der Waals surface area contributed by atoms with Gasteiger partial charge in [0.2, 0.25) is 5.95 Å². The van der Waals surface area contributed by atoms with Gasteiger partial charge < -0.3 is 5.32 Å². The fraction of sp³-hybridized carbons (Fsp3) is 0.333. The molecule has 1 aromatic carbocycles. The lowest BCUT2D eigenvalue weighted by molar-refractivity contribution is 0.947. The van der Waals surface area contributed by atoms with Crippen LogP contribution in [0.1, 0.15) is 24.6 Å². The quantitative estimate of drug-likeness (QED) is 0.889. The van der Waals surface area contributed by atoms with Crippen LogP contribution >= 0.6 is 0 Å². The fourth-order valence-corrected chi connectivity index (χ4v) is 1.88. The average molecular weight is 241 g/mol. The summed E-state index contributed by atoms with van der Waals surface area (Å²) < 4.78 is 0. The Morgan fingerprint density at radius 2 is 1.89 bits per heavy atom. The van der Waals surface area contributed by atoms with Gasteiger partial charge in [0.1, 0.15) is 0 Å². The summed E-state index contributed by atoms with van der Waals surface area (Å²) in [5.41, 5.74) is 4.38. The van der Waals surface area contributed by atoms with Crippen molar-refractivity contribution in [2.45, 2.75) is 27.2 Å². The number of hydrogen-bond donors (Lipinski definition) is 1. The van der Waals surface area contributed by atoms with E-state index in [1.54, 1.807) is 0 Å². The van der Waals surface area contributed by atoms with Crippen molar-refractivity contribution in [1.82, 2.24) is 9.97 Å². The van der Waals surface area contributed by atoms with Crippen molar-refractivity contribution in [1.29, 1.82) is 0 Å². The van der Waals surface area contributed by atoms with Crippen molar-refractivity contribution < 1.29 is 0 Å². The van der Waals surface area contributed by atoms with Crippen molar-refractivity contribution in [2.75, 3.05) is 11.9 Å². The van der Waals surface area contributed by atoms with Gasteiger partial charge in [0.05, 0.1) is 5.69 Å². The van der Waals surface area contributed by atoms with Gasteiger partial charge in [0.15, 0.2) is 0 Å². The van der Waals surface area contributed by atoms with E-state index in [1.165, 1.54) is 11.1 Å². The van der Waals surface area contributed by atoms with Crippen LogP contribution < -0.4 is 5.32 Å². The van der Waals surface area contributed by atoms with Crippen LogP contribution in [0.3, 0.4) is 0 Å². The SMILES string of the molecule is CCCNc1nc(C)cc(-c2ccccc2C)n1. The first-order valence-corrected chi connectivity index (χ1v) is 6.36. The maximum absolute atomic E-state index is 4.58. The van der Waals surface area contributed by atoms with Crippen LogP contribution in [-0.4, -0.2) is 16.5 Å². The molecule has 0 spiro atoms. The van der Waals surface area contributed by atoms with E-state index in [4.69, 9.17) is 0 Å². The van der Waals surface area contributed by atoms with E-state index in [1.807, 2.05) is 25.1 Å². The third-order valence-electron chi connectivity index (χ3n) is 2.81. The molecule has 3 nitrogen and oxygen atoms in total. The van der Waals surface area contributed by atoms with Crippen LogP contribution in [0.2, 0.25) is 0 Å². The van der Waals surface area contributed by atoms with E-state index in [0.29, 0.717) is 0 Å². The second-order valence-corrected chi connectivity index (χ2v) is 4.46. The van der Waals surface area contributed by atoms with E-state index in [9.17, 15) is 0 Å². The minimum Gasteiger partial charge on any atom is -0.354 e. The van der Waals surface area contributed by atoms with Crippen molar-refractivity contribution in [3.63, 3.8) is 0 Å². The van der Waals surface area contributed by atoms with E-state index in [-0.39, 0.29) is 0 Å². The molecule has 3 heteroatoms. The van der Waals surface area contributed by atoms with Crippen LogP contribution in [0.4, 0.5) is 5.95 Å².